The normalized spacial score (nSPS) is 16.0. The quantitative estimate of drug-likeness (QED) is 0.599. The smallest absolute Gasteiger partial charge is 0.0465 e. The van der Waals surface area contributed by atoms with Gasteiger partial charge in [-0.1, -0.05) is 6.92 Å². The Morgan fingerprint density at radius 2 is 2.00 bits per heavy atom. The molecule has 0 fully saturated rings. The van der Waals surface area contributed by atoms with E-state index in [4.69, 9.17) is 10.5 Å². The van der Waals surface area contributed by atoms with Gasteiger partial charge in [0.2, 0.25) is 0 Å². The van der Waals surface area contributed by atoms with Gasteiger partial charge in [-0.25, -0.2) is 0 Å². The molecule has 0 rings (SSSR count). The van der Waals surface area contributed by atoms with Crippen LogP contribution in [0.1, 0.15) is 40.0 Å². The van der Waals surface area contributed by atoms with Gasteiger partial charge in [-0.2, -0.15) is 0 Å². The number of rotatable bonds is 7. The SMILES string of the molecule is CCOCCCC(C)CC(C)N. The van der Waals surface area contributed by atoms with Crippen LogP contribution in [0.5, 0.6) is 0 Å². The molecule has 0 saturated heterocycles. The summed E-state index contributed by atoms with van der Waals surface area (Å²) in [5, 5.41) is 0. The maximum atomic E-state index is 5.69. The van der Waals surface area contributed by atoms with E-state index in [0.29, 0.717) is 6.04 Å². The highest BCUT2D eigenvalue weighted by Gasteiger charge is 2.04. The fraction of sp³-hybridized carbons (Fsp3) is 1.00. The molecular weight excluding hydrogens is 150 g/mol. The molecule has 2 N–H and O–H groups in total. The first-order chi connectivity index (χ1) is 5.66. The molecule has 0 radical (unpaired) electrons. The molecule has 0 aliphatic rings. The van der Waals surface area contributed by atoms with E-state index in [2.05, 4.69) is 13.8 Å². The van der Waals surface area contributed by atoms with Crippen LogP contribution < -0.4 is 5.73 Å². The third kappa shape index (κ3) is 8.02. The van der Waals surface area contributed by atoms with Crippen molar-refractivity contribution in [3.8, 4) is 0 Å². The van der Waals surface area contributed by atoms with Crippen LogP contribution in [0.2, 0.25) is 0 Å². The van der Waals surface area contributed by atoms with E-state index in [1.807, 2.05) is 6.92 Å². The van der Waals surface area contributed by atoms with Crippen molar-refractivity contribution in [2.75, 3.05) is 13.2 Å². The van der Waals surface area contributed by atoms with Crippen LogP contribution in [0.15, 0.2) is 0 Å². The lowest BCUT2D eigenvalue weighted by Crippen LogP contribution is -2.18. The van der Waals surface area contributed by atoms with Gasteiger partial charge in [0.25, 0.3) is 0 Å². The summed E-state index contributed by atoms with van der Waals surface area (Å²) < 4.78 is 5.26. The standard InChI is InChI=1S/C10H23NO/c1-4-12-7-5-6-9(2)8-10(3)11/h9-10H,4-8,11H2,1-3H3. The van der Waals surface area contributed by atoms with Crippen LogP contribution in [0.3, 0.4) is 0 Å². The van der Waals surface area contributed by atoms with Crippen molar-refractivity contribution in [3.63, 3.8) is 0 Å². The summed E-state index contributed by atoms with van der Waals surface area (Å²) in [4.78, 5) is 0. The van der Waals surface area contributed by atoms with Crippen LogP contribution in [-0.4, -0.2) is 19.3 Å². The summed E-state index contributed by atoms with van der Waals surface area (Å²) in [5.74, 6) is 0.741. The predicted octanol–water partition coefficient (Wildman–Crippen LogP) is 2.18. The summed E-state index contributed by atoms with van der Waals surface area (Å²) >= 11 is 0. The van der Waals surface area contributed by atoms with Crippen LogP contribution in [0.4, 0.5) is 0 Å². The molecule has 2 nitrogen and oxygen atoms in total. The number of ether oxygens (including phenoxy) is 1. The van der Waals surface area contributed by atoms with Crippen LogP contribution >= 0.6 is 0 Å². The minimum atomic E-state index is 0.340. The number of nitrogens with two attached hydrogens (primary N) is 1. The summed E-state index contributed by atoms with van der Waals surface area (Å²) in [6.45, 7) is 8.10. The largest absolute Gasteiger partial charge is 0.382 e. The zero-order chi connectivity index (χ0) is 9.40. The summed E-state index contributed by atoms with van der Waals surface area (Å²) in [7, 11) is 0. The lowest BCUT2D eigenvalue weighted by molar-refractivity contribution is 0.139. The third-order valence-corrected chi connectivity index (χ3v) is 1.96. The lowest BCUT2D eigenvalue weighted by Gasteiger charge is -2.13. The van der Waals surface area contributed by atoms with Crippen molar-refractivity contribution in [3.05, 3.63) is 0 Å². The Labute approximate surface area is 76.5 Å². The Morgan fingerprint density at radius 1 is 1.33 bits per heavy atom. The minimum absolute atomic E-state index is 0.340. The number of hydrogen-bond donors (Lipinski definition) is 1. The van der Waals surface area contributed by atoms with Crippen molar-refractivity contribution >= 4 is 0 Å². The Kier molecular flexibility index (Phi) is 7.51. The zero-order valence-electron chi connectivity index (χ0n) is 8.68. The highest BCUT2D eigenvalue weighted by molar-refractivity contribution is 4.60. The van der Waals surface area contributed by atoms with Gasteiger partial charge >= 0.3 is 0 Å². The van der Waals surface area contributed by atoms with E-state index in [1.165, 1.54) is 12.8 Å². The highest BCUT2D eigenvalue weighted by Crippen LogP contribution is 2.11. The second kappa shape index (κ2) is 7.56. The lowest BCUT2D eigenvalue weighted by atomic mass is 9.98. The second-order valence-corrected chi connectivity index (χ2v) is 3.66. The van der Waals surface area contributed by atoms with E-state index in [-0.39, 0.29) is 0 Å². The van der Waals surface area contributed by atoms with Gasteiger partial charge in [0, 0.05) is 19.3 Å². The average molecular weight is 173 g/mol. The monoisotopic (exact) mass is 173 g/mol. The minimum Gasteiger partial charge on any atom is -0.382 e. The van der Waals surface area contributed by atoms with Crippen LogP contribution in [0, 0.1) is 5.92 Å². The van der Waals surface area contributed by atoms with Crippen molar-refractivity contribution in [2.45, 2.75) is 46.1 Å². The van der Waals surface area contributed by atoms with Crippen molar-refractivity contribution < 1.29 is 4.74 Å². The predicted molar refractivity (Wildman–Crippen MR) is 53.2 cm³/mol. The van der Waals surface area contributed by atoms with Crippen LogP contribution in [-0.2, 0) is 4.74 Å². The van der Waals surface area contributed by atoms with Gasteiger partial charge in [0.15, 0.2) is 0 Å². The molecule has 0 amide bonds. The summed E-state index contributed by atoms with van der Waals surface area (Å²) in [5.41, 5.74) is 5.69. The zero-order valence-corrected chi connectivity index (χ0v) is 8.68. The molecule has 0 aliphatic heterocycles. The molecule has 0 spiro atoms. The average Bonchev–Trinajstić information content (AvgIpc) is 1.97. The molecule has 2 heteroatoms. The molecule has 0 aromatic rings. The van der Waals surface area contributed by atoms with Crippen molar-refractivity contribution in [1.29, 1.82) is 0 Å². The molecule has 0 aromatic carbocycles. The van der Waals surface area contributed by atoms with E-state index < -0.39 is 0 Å². The van der Waals surface area contributed by atoms with Gasteiger partial charge in [-0.05, 0) is 39.0 Å². The highest BCUT2D eigenvalue weighted by atomic mass is 16.5. The Hall–Kier alpha value is -0.0800. The number of hydrogen-bond acceptors (Lipinski definition) is 2. The summed E-state index contributed by atoms with van der Waals surface area (Å²) in [6.07, 6.45) is 3.54. The summed E-state index contributed by atoms with van der Waals surface area (Å²) in [6, 6.07) is 0.340. The van der Waals surface area contributed by atoms with E-state index in [0.717, 1.165) is 25.6 Å². The van der Waals surface area contributed by atoms with Crippen LogP contribution in [0.25, 0.3) is 0 Å². The molecule has 12 heavy (non-hydrogen) atoms. The maximum absolute atomic E-state index is 5.69. The van der Waals surface area contributed by atoms with Crippen molar-refractivity contribution in [1.82, 2.24) is 0 Å². The second-order valence-electron chi connectivity index (χ2n) is 3.66. The van der Waals surface area contributed by atoms with Gasteiger partial charge in [0.05, 0.1) is 0 Å². The first-order valence-corrected chi connectivity index (χ1v) is 5.00. The fourth-order valence-corrected chi connectivity index (χ4v) is 1.43. The Bertz CT molecular complexity index is 93.8. The third-order valence-electron chi connectivity index (χ3n) is 1.96. The van der Waals surface area contributed by atoms with Gasteiger partial charge in [0.1, 0.15) is 0 Å². The van der Waals surface area contributed by atoms with E-state index in [1.54, 1.807) is 0 Å². The maximum Gasteiger partial charge on any atom is 0.0465 e. The first-order valence-electron chi connectivity index (χ1n) is 5.00. The molecule has 2 unspecified atom stereocenters. The molecule has 0 bridgehead atoms. The van der Waals surface area contributed by atoms with E-state index >= 15 is 0 Å². The van der Waals surface area contributed by atoms with Crippen molar-refractivity contribution in [2.24, 2.45) is 11.7 Å². The molecule has 74 valence electrons. The molecular formula is C10H23NO. The molecule has 0 saturated carbocycles. The first kappa shape index (κ1) is 11.9. The topological polar surface area (TPSA) is 35.2 Å². The molecule has 0 heterocycles. The van der Waals surface area contributed by atoms with E-state index in [9.17, 15) is 0 Å². The van der Waals surface area contributed by atoms with Gasteiger partial charge in [-0.3, -0.25) is 0 Å². The molecule has 0 aromatic heterocycles. The Morgan fingerprint density at radius 3 is 2.50 bits per heavy atom. The van der Waals surface area contributed by atoms with Gasteiger partial charge < -0.3 is 10.5 Å². The fourth-order valence-electron chi connectivity index (χ4n) is 1.43. The Balaban J connectivity index is 3.14. The van der Waals surface area contributed by atoms with Gasteiger partial charge in [-0.15, -0.1) is 0 Å². The molecule has 0 aliphatic carbocycles. The molecule has 2 atom stereocenters.